The van der Waals surface area contributed by atoms with Gasteiger partial charge in [0, 0.05) is 23.2 Å². The molecule has 35 heavy (non-hydrogen) atoms. The summed E-state index contributed by atoms with van der Waals surface area (Å²) in [5.74, 6) is -0.0693. The van der Waals surface area contributed by atoms with Gasteiger partial charge in [-0.05, 0) is 42.5 Å². The van der Waals surface area contributed by atoms with Crippen molar-refractivity contribution in [3.63, 3.8) is 0 Å². The van der Waals surface area contributed by atoms with Gasteiger partial charge in [-0.1, -0.05) is 22.0 Å². The number of anilines is 1. The summed E-state index contributed by atoms with van der Waals surface area (Å²) < 4.78 is 17.6. The third kappa shape index (κ3) is 6.15. The Morgan fingerprint density at radius 3 is 2.69 bits per heavy atom. The highest BCUT2D eigenvalue weighted by Gasteiger charge is 2.17. The normalized spacial score (nSPS) is 10.7. The Morgan fingerprint density at radius 2 is 1.97 bits per heavy atom. The molecule has 1 amide bonds. The first-order valence-electron chi connectivity index (χ1n) is 10.4. The number of methoxy groups -OCH3 is 1. The molecule has 0 aliphatic carbocycles. The topological polar surface area (TPSA) is 142 Å². The summed E-state index contributed by atoms with van der Waals surface area (Å²) in [5.41, 5.74) is 1.42. The van der Waals surface area contributed by atoms with E-state index in [2.05, 4.69) is 20.8 Å². The molecule has 0 radical (unpaired) electrons. The number of amides is 1. The number of nitrogens with one attached hydrogen (secondary N) is 1. The van der Waals surface area contributed by atoms with Crippen LogP contribution in [-0.4, -0.2) is 44.2 Å². The maximum absolute atomic E-state index is 12.2. The van der Waals surface area contributed by atoms with E-state index in [-0.39, 0.29) is 30.4 Å². The second-order valence-electron chi connectivity index (χ2n) is 7.31. The predicted octanol–water partition coefficient (Wildman–Crippen LogP) is 3.90. The number of benzene rings is 2. The van der Waals surface area contributed by atoms with E-state index in [0.29, 0.717) is 40.0 Å². The Balaban J connectivity index is 1.33. The average molecular weight is 498 g/mol. The molecule has 0 saturated carbocycles. The fraction of sp³-hybridized carbons (Fsp3) is 0.174. The summed E-state index contributed by atoms with van der Waals surface area (Å²) >= 11 is 6.08. The predicted molar refractivity (Wildman–Crippen MR) is 125 cm³/mol. The molecule has 11 nitrogen and oxygen atoms in total. The van der Waals surface area contributed by atoms with E-state index < -0.39 is 5.97 Å². The van der Waals surface area contributed by atoms with Gasteiger partial charge in [0.25, 0.3) is 0 Å². The lowest BCUT2D eigenvalue weighted by Crippen LogP contribution is -2.14. The highest BCUT2D eigenvalue weighted by atomic mass is 35.5. The zero-order valence-electron chi connectivity index (χ0n) is 18.5. The number of ether oxygens (including phenoxy) is 2. The SMILES string of the molecule is COc1ccc(NC(=O)CCn2cc(COc3ccc(Cl)cc3-c3cc(C(=O)O)no3)nn2)cc1. The van der Waals surface area contributed by atoms with Crippen molar-refractivity contribution in [2.75, 3.05) is 12.4 Å². The van der Waals surface area contributed by atoms with Crippen molar-refractivity contribution in [2.45, 2.75) is 19.6 Å². The van der Waals surface area contributed by atoms with Gasteiger partial charge in [0.05, 0.1) is 25.4 Å². The minimum Gasteiger partial charge on any atom is -0.497 e. The van der Waals surface area contributed by atoms with Gasteiger partial charge in [0.2, 0.25) is 5.91 Å². The van der Waals surface area contributed by atoms with Gasteiger partial charge in [-0.3, -0.25) is 9.48 Å². The molecular formula is C23H20ClN5O6. The number of nitrogens with zero attached hydrogens (tertiary/aromatic N) is 4. The molecule has 0 atom stereocenters. The van der Waals surface area contributed by atoms with Crippen molar-refractivity contribution in [3.8, 4) is 22.8 Å². The molecule has 0 saturated heterocycles. The Hall–Kier alpha value is -4.38. The lowest BCUT2D eigenvalue weighted by atomic mass is 10.1. The number of aromatic carboxylic acids is 1. The molecule has 0 aliphatic heterocycles. The Labute approximate surface area is 204 Å². The summed E-state index contributed by atoms with van der Waals surface area (Å²) in [7, 11) is 1.58. The highest BCUT2D eigenvalue weighted by Crippen LogP contribution is 2.33. The van der Waals surface area contributed by atoms with Crippen LogP contribution >= 0.6 is 11.6 Å². The number of rotatable bonds is 10. The minimum atomic E-state index is -1.21. The van der Waals surface area contributed by atoms with Crippen molar-refractivity contribution in [1.82, 2.24) is 20.2 Å². The second kappa shape index (κ2) is 10.7. The minimum absolute atomic E-state index is 0.0760. The van der Waals surface area contributed by atoms with Crippen LogP contribution in [0.15, 0.2) is 59.3 Å². The summed E-state index contributed by atoms with van der Waals surface area (Å²) in [5, 5.41) is 23.9. The van der Waals surface area contributed by atoms with Gasteiger partial charge in [-0.15, -0.1) is 5.10 Å². The van der Waals surface area contributed by atoms with E-state index in [1.54, 1.807) is 60.5 Å². The Kier molecular flexibility index (Phi) is 7.27. The molecule has 2 aromatic carbocycles. The fourth-order valence-electron chi connectivity index (χ4n) is 3.10. The number of hydrogen-bond acceptors (Lipinski definition) is 8. The first kappa shape index (κ1) is 23.8. The molecule has 180 valence electrons. The number of aromatic nitrogens is 4. The van der Waals surface area contributed by atoms with Gasteiger partial charge >= 0.3 is 5.97 Å². The number of carbonyl (C=O) groups is 2. The largest absolute Gasteiger partial charge is 0.497 e. The van der Waals surface area contributed by atoms with Gasteiger partial charge in [-0.2, -0.15) is 0 Å². The summed E-state index contributed by atoms with van der Waals surface area (Å²) in [4.78, 5) is 23.3. The molecule has 12 heteroatoms. The lowest BCUT2D eigenvalue weighted by Gasteiger charge is -2.08. The Morgan fingerprint density at radius 1 is 1.17 bits per heavy atom. The van der Waals surface area contributed by atoms with Crippen molar-refractivity contribution in [1.29, 1.82) is 0 Å². The maximum Gasteiger partial charge on any atom is 0.358 e. The summed E-state index contributed by atoms with van der Waals surface area (Å²) in [6.45, 7) is 0.407. The van der Waals surface area contributed by atoms with Crippen LogP contribution in [0.25, 0.3) is 11.3 Å². The van der Waals surface area contributed by atoms with Crippen LogP contribution in [0, 0.1) is 0 Å². The van der Waals surface area contributed by atoms with Crippen molar-refractivity contribution in [3.05, 3.63) is 71.1 Å². The van der Waals surface area contributed by atoms with Crippen molar-refractivity contribution >= 4 is 29.2 Å². The van der Waals surface area contributed by atoms with Crippen LogP contribution in [0.1, 0.15) is 22.6 Å². The molecule has 0 spiro atoms. The number of aryl methyl sites for hydroxylation is 1. The van der Waals surface area contributed by atoms with Crippen LogP contribution in [0.2, 0.25) is 5.02 Å². The lowest BCUT2D eigenvalue weighted by molar-refractivity contribution is -0.116. The first-order chi connectivity index (χ1) is 16.9. The van der Waals surface area contributed by atoms with E-state index in [1.165, 1.54) is 6.07 Å². The van der Waals surface area contributed by atoms with Crippen LogP contribution in [0.4, 0.5) is 5.69 Å². The van der Waals surface area contributed by atoms with E-state index in [0.717, 1.165) is 0 Å². The Bertz CT molecular complexity index is 1330. The van der Waals surface area contributed by atoms with E-state index in [1.807, 2.05) is 0 Å². The van der Waals surface area contributed by atoms with E-state index in [9.17, 15) is 9.59 Å². The number of halogens is 1. The fourth-order valence-corrected chi connectivity index (χ4v) is 3.28. The van der Waals surface area contributed by atoms with Crippen LogP contribution < -0.4 is 14.8 Å². The average Bonchev–Trinajstić information content (AvgIpc) is 3.52. The smallest absolute Gasteiger partial charge is 0.358 e. The number of carboxylic acids is 1. The van der Waals surface area contributed by atoms with Crippen molar-refractivity contribution in [2.24, 2.45) is 0 Å². The van der Waals surface area contributed by atoms with Crippen LogP contribution in [0.5, 0.6) is 11.5 Å². The van der Waals surface area contributed by atoms with Gasteiger partial charge in [0.1, 0.15) is 23.8 Å². The number of carbonyl (C=O) groups excluding carboxylic acids is 1. The third-order valence-corrected chi connectivity index (χ3v) is 5.07. The monoisotopic (exact) mass is 497 g/mol. The second-order valence-corrected chi connectivity index (χ2v) is 7.75. The molecule has 0 aliphatic rings. The quantitative estimate of drug-likeness (QED) is 0.333. The number of carboxylic acid groups (broad SMARTS) is 1. The zero-order valence-corrected chi connectivity index (χ0v) is 19.2. The highest BCUT2D eigenvalue weighted by molar-refractivity contribution is 6.31. The summed E-state index contributed by atoms with van der Waals surface area (Å²) in [6.07, 6.45) is 1.88. The third-order valence-electron chi connectivity index (χ3n) is 4.84. The number of hydrogen-bond donors (Lipinski definition) is 2. The molecule has 2 aromatic heterocycles. The molecule has 0 bridgehead atoms. The molecule has 0 unspecified atom stereocenters. The van der Waals surface area contributed by atoms with Crippen LogP contribution in [-0.2, 0) is 17.9 Å². The first-order valence-corrected chi connectivity index (χ1v) is 10.7. The molecule has 0 fully saturated rings. The summed E-state index contributed by atoms with van der Waals surface area (Å²) in [6, 6.07) is 13.2. The maximum atomic E-state index is 12.2. The van der Waals surface area contributed by atoms with Crippen molar-refractivity contribution < 1.29 is 28.7 Å². The molecular weight excluding hydrogens is 478 g/mol. The zero-order chi connectivity index (χ0) is 24.8. The van der Waals surface area contributed by atoms with E-state index in [4.69, 9.17) is 30.7 Å². The van der Waals surface area contributed by atoms with Gasteiger partial charge in [-0.25, -0.2) is 4.79 Å². The molecule has 4 aromatic rings. The molecule has 2 heterocycles. The van der Waals surface area contributed by atoms with E-state index >= 15 is 0 Å². The molecule has 4 rings (SSSR count). The standard InChI is InChI=1S/C23H20ClN5O6/c1-33-17-5-3-15(4-6-17)25-22(30)8-9-29-12-16(26-28-29)13-34-20-7-2-14(24)10-18(20)21-11-19(23(31)32)27-35-21/h2-7,10-12H,8-9,13H2,1H3,(H,25,30)(H,31,32). The van der Waals surface area contributed by atoms with Gasteiger partial charge < -0.3 is 24.4 Å². The van der Waals surface area contributed by atoms with Crippen LogP contribution in [0.3, 0.4) is 0 Å². The van der Waals surface area contributed by atoms with Gasteiger partial charge in [0.15, 0.2) is 11.5 Å². The molecule has 2 N–H and O–H groups in total.